The number of phenols is 1. The number of halogens is 3. The normalized spacial score (nSPS) is 10.4. The van der Waals surface area contributed by atoms with Crippen molar-refractivity contribution < 1.29 is 14.3 Å². The highest BCUT2D eigenvalue weighted by Gasteiger charge is 2.14. The molecule has 0 saturated heterocycles. The van der Waals surface area contributed by atoms with E-state index in [0.29, 0.717) is 11.1 Å². The van der Waals surface area contributed by atoms with Gasteiger partial charge in [0.2, 0.25) is 0 Å². The minimum atomic E-state index is -0.736. The Balaban J connectivity index is 2.30. The predicted octanol–water partition coefficient (Wildman–Crippen LogP) is 4.40. The van der Waals surface area contributed by atoms with E-state index in [-0.39, 0.29) is 21.5 Å². The summed E-state index contributed by atoms with van der Waals surface area (Å²) in [6.45, 7) is 1.62. The van der Waals surface area contributed by atoms with Crippen molar-refractivity contribution in [1.82, 2.24) is 0 Å². The molecule has 20 heavy (non-hydrogen) atoms. The second kappa shape index (κ2) is 5.69. The molecular weight excluding hydrogens is 304 g/mol. The number of phenolic OH excluding ortho intramolecular Hbond substituents is 1. The minimum absolute atomic E-state index is 0.0211. The van der Waals surface area contributed by atoms with Crippen LogP contribution in [0.2, 0.25) is 10.0 Å². The van der Waals surface area contributed by atoms with E-state index in [2.05, 4.69) is 5.32 Å². The lowest BCUT2D eigenvalue weighted by Gasteiger charge is -2.10. The smallest absolute Gasteiger partial charge is 0.256 e. The van der Waals surface area contributed by atoms with E-state index in [1.165, 1.54) is 18.2 Å². The Morgan fingerprint density at radius 2 is 1.85 bits per heavy atom. The zero-order chi connectivity index (χ0) is 14.9. The van der Waals surface area contributed by atoms with Crippen molar-refractivity contribution in [2.24, 2.45) is 0 Å². The third-order valence-electron chi connectivity index (χ3n) is 2.79. The van der Waals surface area contributed by atoms with Crippen LogP contribution < -0.4 is 5.32 Å². The molecule has 0 aliphatic heterocycles. The van der Waals surface area contributed by atoms with Gasteiger partial charge in [-0.15, -0.1) is 0 Å². The summed E-state index contributed by atoms with van der Waals surface area (Å²) in [4.78, 5) is 12.1. The molecule has 2 N–H and O–H groups in total. The first kappa shape index (κ1) is 14.6. The molecule has 0 spiro atoms. The number of carbonyl (C=O) groups excluding carboxylic acids is 1. The first-order valence-corrected chi connectivity index (χ1v) is 6.40. The van der Waals surface area contributed by atoms with Crippen LogP contribution in [-0.2, 0) is 0 Å². The van der Waals surface area contributed by atoms with Crippen molar-refractivity contribution in [3.8, 4) is 5.75 Å². The van der Waals surface area contributed by atoms with Crippen molar-refractivity contribution in [3.05, 3.63) is 57.3 Å². The van der Waals surface area contributed by atoms with Crippen molar-refractivity contribution in [2.45, 2.75) is 6.92 Å². The molecule has 2 rings (SSSR count). The van der Waals surface area contributed by atoms with Gasteiger partial charge in [-0.1, -0.05) is 29.3 Å². The number of hydrogen-bond acceptors (Lipinski definition) is 2. The molecule has 0 fully saturated rings. The fraction of sp³-hybridized carbons (Fsp3) is 0.0714. The lowest BCUT2D eigenvalue weighted by atomic mass is 10.1. The van der Waals surface area contributed by atoms with E-state index >= 15 is 0 Å². The maximum atomic E-state index is 13.3. The number of rotatable bonds is 2. The summed E-state index contributed by atoms with van der Waals surface area (Å²) in [6.07, 6.45) is 0. The van der Waals surface area contributed by atoms with Crippen LogP contribution in [0.4, 0.5) is 10.1 Å². The second-order valence-corrected chi connectivity index (χ2v) is 4.97. The molecule has 0 aromatic heterocycles. The highest BCUT2D eigenvalue weighted by Crippen LogP contribution is 2.28. The van der Waals surface area contributed by atoms with Gasteiger partial charge in [0.15, 0.2) is 5.82 Å². The number of anilines is 1. The van der Waals surface area contributed by atoms with E-state index < -0.39 is 11.7 Å². The molecule has 0 radical (unpaired) electrons. The molecule has 1 amide bonds. The molecule has 2 aromatic carbocycles. The van der Waals surface area contributed by atoms with Crippen LogP contribution in [0.1, 0.15) is 15.9 Å². The number of hydrogen-bond donors (Lipinski definition) is 2. The van der Waals surface area contributed by atoms with Crippen LogP contribution >= 0.6 is 23.2 Å². The third-order valence-corrected chi connectivity index (χ3v) is 3.34. The number of amides is 1. The number of benzene rings is 2. The molecule has 0 aliphatic carbocycles. The topological polar surface area (TPSA) is 49.3 Å². The Bertz CT molecular complexity index is 666. The van der Waals surface area contributed by atoms with E-state index in [1.54, 1.807) is 19.1 Å². The van der Waals surface area contributed by atoms with Gasteiger partial charge in [-0.05, 0) is 31.2 Å². The molecule has 6 heteroatoms. The summed E-state index contributed by atoms with van der Waals surface area (Å²) < 4.78 is 13.3. The summed E-state index contributed by atoms with van der Waals surface area (Å²) in [7, 11) is 0. The monoisotopic (exact) mass is 313 g/mol. The average molecular weight is 314 g/mol. The van der Waals surface area contributed by atoms with Crippen molar-refractivity contribution in [3.63, 3.8) is 0 Å². The van der Waals surface area contributed by atoms with E-state index in [9.17, 15) is 14.3 Å². The van der Waals surface area contributed by atoms with Gasteiger partial charge < -0.3 is 10.4 Å². The van der Waals surface area contributed by atoms with Gasteiger partial charge in [-0.3, -0.25) is 4.79 Å². The summed E-state index contributed by atoms with van der Waals surface area (Å²) >= 11 is 11.3. The fourth-order valence-corrected chi connectivity index (χ4v) is 2.18. The van der Waals surface area contributed by atoms with Gasteiger partial charge in [-0.25, -0.2) is 4.39 Å². The largest absolute Gasteiger partial charge is 0.508 e. The Kier molecular flexibility index (Phi) is 4.16. The molecule has 0 saturated carbocycles. The van der Waals surface area contributed by atoms with Gasteiger partial charge in [0.1, 0.15) is 5.75 Å². The van der Waals surface area contributed by atoms with Crippen LogP contribution in [0.3, 0.4) is 0 Å². The lowest BCUT2D eigenvalue weighted by Crippen LogP contribution is -2.13. The van der Waals surface area contributed by atoms with Crippen molar-refractivity contribution >= 4 is 34.8 Å². The first-order chi connectivity index (χ1) is 9.40. The number of aromatic hydroxyl groups is 1. The highest BCUT2D eigenvalue weighted by atomic mass is 35.5. The molecule has 104 valence electrons. The number of nitrogens with one attached hydrogen (secondary N) is 1. The lowest BCUT2D eigenvalue weighted by molar-refractivity contribution is 0.102. The van der Waals surface area contributed by atoms with Crippen LogP contribution in [0, 0.1) is 12.7 Å². The van der Waals surface area contributed by atoms with Crippen LogP contribution in [0.25, 0.3) is 0 Å². The molecule has 0 heterocycles. The van der Waals surface area contributed by atoms with Gasteiger partial charge in [0.25, 0.3) is 5.91 Å². The standard InChI is InChI=1S/C14H10Cl2FNO2/c1-7-9(3-2-4-12(7)19)14(20)18-8-5-10(15)13(17)11(16)6-8/h2-6,19H,1H3,(H,18,20). The fourth-order valence-electron chi connectivity index (χ4n) is 1.70. The maximum Gasteiger partial charge on any atom is 0.256 e. The Labute approximate surface area is 124 Å². The summed E-state index contributed by atoms with van der Waals surface area (Å²) in [5, 5.41) is 11.8. The maximum absolute atomic E-state index is 13.3. The molecule has 0 bridgehead atoms. The van der Waals surface area contributed by atoms with Crippen LogP contribution in [-0.4, -0.2) is 11.0 Å². The van der Waals surface area contributed by atoms with Gasteiger partial charge in [0, 0.05) is 16.8 Å². The highest BCUT2D eigenvalue weighted by molar-refractivity contribution is 6.35. The van der Waals surface area contributed by atoms with Gasteiger partial charge in [-0.2, -0.15) is 0 Å². The van der Waals surface area contributed by atoms with Gasteiger partial charge >= 0.3 is 0 Å². The third kappa shape index (κ3) is 2.86. The first-order valence-electron chi connectivity index (χ1n) is 5.64. The van der Waals surface area contributed by atoms with Gasteiger partial charge in [0.05, 0.1) is 10.0 Å². The van der Waals surface area contributed by atoms with E-state index in [0.717, 1.165) is 0 Å². The molecule has 0 aliphatic rings. The summed E-state index contributed by atoms with van der Waals surface area (Å²) in [5.74, 6) is -1.16. The van der Waals surface area contributed by atoms with Crippen molar-refractivity contribution in [2.75, 3.05) is 5.32 Å². The average Bonchev–Trinajstić information content (AvgIpc) is 2.39. The quantitative estimate of drug-likeness (QED) is 0.807. The SMILES string of the molecule is Cc1c(O)cccc1C(=O)Nc1cc(Cl)c(F)c(Cl)c1. The van der Waals surface area contributed by atoms with E-state index in [1.807, 2.05) is 0 Å². The van der Waals surface area contributed by atoms with Crippen molar-refractivity contribution in [1.29, 1.82) is 0 Å². The van der Waals surface area contributed by atoms with Crippen LogP contribution in [0.5, 0.6) is 5.75 Å². The molecule has 0 atom stereocenters. The number of carbonyl (C=O) groups is 1. The predicted molar refractivity (Wildman–Crippen MR) is 77.2 cm³/mol. The summed E-state index contributed by atoms with van der Waals surface area (Å²) in [5.41, 5.74) is 1.03. The Morgan fingerprint density at radius 1 is 1.25 bits per heavy atom. The molecule has 0 unspecified atom stereocenters. The Morgan fingerprint density at radius 3 is 2.45 bits per heavy atom. The second-order valence-electron chi connectivity index (χ2n) is 4.16. The summed E-state index contributed by atoms with van der Waals surface area (Å²) in [6, 6.07) is 7.13. The molecule has 3 nitrogen and oxygen atoms in total. The molecule has 2 aromatic rings. The van der Waals surface area contributed by atoms with E-state index in [4.69, 9.17) is 23.2 Å². The van der Waals surface area contributed by atoms with Crippen LogP contribution in [0.15, 0.2) is 30.3 Å². The Hall–Kier alpha value is -1.78. The zero-order valence-corrected chi connectivity index (χ0v) is 11.9. The molecular formula is C14H10Cl2FNO2. The minimum Gasteiger partial charge on any atom is -0.508 e. The zero-order valence-electron chi connectivity index (χ0n) is 10.4.